The van der Waals surface area contributed by atoms with Crippen molar-refractivity contribution in [1.82, 2.24) is 0 Å². The molecule has 0 aliphatic heterocycles. The van der Waals surface area contributed by atoms with Gasteiger partial charge in [0.1, 0.15) is 11.5 Å². The third kappa shape index (κ3) is 3.88. The van der Waals surface area contributed by atoms with E-state index in [4.69, 9.17) is 9.47 Å². The molecule has 0 saturated carbocycles. The molecule has 0 amide bonds. The van der Waals surface area contributed by atoms with Crippen LogP contribution < -0.4 is 44.1 Å². The molecule has 4 heteroatoms. The molecular formula is C10H13NaO3. The molecule has 0 radical (unpaired) electrons. The monoisotopic (exact) mass is 204 g/mol. The normalized spacial score (nSPS) is 9.07. The van der Waals surface area contributed by atoms with Gasteiger partial charge in [-0.25, -0.2) is 0 Å². The largest absolute Gasteiger partial charge is 1.00 e. The summed E-state index contributed by atoms with van der Waals surface area (Å²) in [6.45, 7) is -0.115. The number of methoxy groups -OCH3 is 2. The second-order valence-electron chi connectivity index (χ2n) is 2.68. The van der Waals surface area contributed by atoms with Crippen LogP contribution in [0.1, 0.15) is 5.56 Å². The summed E-state index contributed by atoms with van der Waals surface area (Å²) in [6, 6.07) is 5.48. The van der Waals surface area contributed by atoms with Gasteiger partial charge in [-0.15, -0.1) is 6.61 Å². The van der Waals surface area contributed by atoms with E-state index in [-0.39, 0.29) is 36.2 Å². The summed E-state index contributed by atoms with van der Waals surface area (Å²) >= 11 is 0. The molecule has 0 N–H and O–H groups in total. The predicted molar refractivity (Wildman–Crippen MR) is 48.1 cm³/mol. The summed E-state index contributed by atoms with van der Waals surface area (Å²) < 4.78 is 10.1. The van der Waals surface area contributed by atoms with Gasteiger partial charge in [-0.05, 0) is 24.1 Å². The first-order valence-electron chi connectivity index (χ1n) is 4.10. The molecule has 1 aromatic carbocycles. The first kappa shape index (κ1) is 13.8. The molecular weight excluding hydrogens is 191 g/mol. The molecule has 0 bridgehead atoms. The molecule has 0 unspecified atom stereocenters. The summed E-state index contributed by atoms with van der Waals surface area (Å²) in [7, 11) is 3.19. The topological polar surface area (TPSA) is 41.5 Å². The van der Waals surface area contributed by atoms with Gasteiger partial charge in [-0.1, -0.05) is 0 Å². The Morgan fingerprint density at radius 2 is 1.57 bits per heavy atom. The van der Waals surface area contributed by atoms with Crippen molar-refractivity contribution in [2.45, 2.75) is 6.42 Å². The molecule has 3 nitrogen and oxygen atoms in total. The average Bonchev–Trinajstić information content (AvgIpc) is 2.17. The Hall–Kier alpha value is -0.220. The van der Waals surface area contributed by atoms with Crippen LogP contribution in [0.25, 0.3) is 0 Å². The van der Waals surface area contributed by atoms with E-state index in [0.29, 0.717) is 6.42 Å². The zero-order valence-corrected chi connectivity index (χ0v) is 10.9. The molecule has 0 aliphatic carbocycles. The Morgan fingerprint density at radius 1 is 1.07 bits per heavy atom. The summed E-state index contributed by atoms with van der Waals surface area (Å²) in [6.07, 6.45) is 0.508. The first-order valence-corrected chi connectivity index (χ1v) is 4.10. The minimum Gasteiger partial charge on any atom is -0.854 e. The predicted octanol–water partition coefficient (Wildman–Crippen LogP) is -2.39. The van der Waals surface area contributed by atoms with Crippen LogP contribution in [0.5, 0.6) is 11.5 Å². The van der Waals surface area contributed by atoms with Crippen molar-refractivity contribution < 1.29 is 44.1 Å². The molecule has 1 rings (SSSR count). The Balaban J connectivity index is 0.00000169. The van der Waals surface area contributed by atoms with E-state index in [1.54, 1.807) is 20.3 Å². The van der Waals surface area contributed by atoms with Gasteiger partial charge in [0, 0.05) is 6.07 Å². The van der Waals surface area contributed by atoms with Crippen LogP contribution in [-0.2, 0) is 6.42 Å². The fourth-order valence-corrected chi connectivity index (χ4v) is 1.13. The maximum atomic E-state index is 10.4. The number of rotatable bonds is 4. The minimum absolute atomic E-state index is 0. The van der Waals surface area contributed by atoms with E-state index in [1.165, 1.54) is 0 Å². The maximum absolute atomic E-state index is 10.4. The number of hydrogen-bond acceptors (Lipinski definition) is 3. The van der Waals surface area contributed by atoms with Gasteiger partial charge in [0.15, 0.2) is 0 Å². The van der Waals surface area contributed by atoms with E-state index in [9.17, 15) is 5.11 Å². The fourth-order valence-electron chi connectivity index (χ4n) is 1.13. The number of benzene rings is 1. The molecule has 72 valence electrons. The summed E-state index contributed by atoms with van der Waals surface area (Å²) in [5, 5.41) is 10.4. The third-order valence-electron chi connectivity index (χ3n) is 1.80. The Morgan fingerprint density at radius 3 is 1.93 bits per heavy atom. The molecule has 0 aliphatic rings. The van der Waals surface area contributed by atoms with Gasteiger partial charge in [0.2, 0.25) is 0 Å². The van der Waals surface area contributed by atoms with Gasteiger partial charge < -0.3 is 14.6 Å². The van der Waals surface area contributed by atoms with Crippen molar-refractivity contribution in [3.8, 4) is 11.5 Å². The molecule has 0 atom stereocenters. The Bertz CT molecular complexity index is 254. The summed E-state index contributed by atoms with van der Waals surface area (Å²) in [5.74, 6) is 1.45. The van der Waals surface area contributed by atoms with E-state index in [2.05, 4.69) is 0 Å². The van der Waals surface area contributed by atoms with Crippen molar-refractivity contribution in [3.63, 3.8) is 0 Å². The fraction of sp³-hybridized carbons (Fsp3) is 0.400. The van der Waals surface area contributed by atoms with Crippen molar-refractivity contribution in [2.24, 2.45) is 0 Å². The SMILES string of the molecule is COc1cc(CC[O-])cc(OC)c1.[Na+]. The molecule has 14 heavy (non-hydrogen) atoms. The van der Waals surface area contributed by atoms with E-state index in [1.807, 2.05) is 12.1 Å². The smallest absolute Gasteiger partial charge is 0.854 e. The van der Waals surface area contributed by atoms with Crippen LogP contribution in [0.3, 0.4) is 0 Å². The van der Waals surface area contributed by atoms with Crippen molar-refractivity contribution >= 4 is 0 Å². The average molecular weight is 204 g/mol. The molecule has 0 aromatic heterocycles. The van der Waals surface area contributed by atoms with Gasteiger partial charge >= 0.3 is 29.6 Å². The molecule has 0 saturated heterocycles. The van der Waals surface area contributed by atoms with Gasteiger partial charge in [0.05, 0.1) is 14.2 Å². The van der Waals surface area contributed by atoms with Crippen LogP contribution in [0, 0.1) is 0 Å². The minimum atomic E-state index is -0.115. The zero-order chi connectivity index (χ0) is 9.68. The molecule has 0 spiro atoms. The Kier molecular flexibility index (Phi) is 7.01. The van der Waals surface area contributed by atoms with Crippen molar-refractivity contribution in [3.05, 3.63) is 23.8 Å². The van der Waals surface area contributed by atoms with E-state index >= 15 is 0 Å². The van der Waals surface area contributed by atoms with Gasteiger partial charge in [-0.2, -0.15) is 0 Å². The molecule has 1 aromatic rings. The Labute approximate surface area is 106 Å². The first-order chi connectivity index (χ1) is 6.30. The molecule has 0 heterocycles. The van der Waals surface area contributed by atoms with Crippen LogP contribution in [0.4, 0.5) is 0 Å². The third-order valence-corrected chi connectivity index (χ3v) is 1.80. The number of ether oxygens (including phenoxy) is 2. The number of hydrogen-bond donors (Lipinski definition) is 0. The zero-order valence-electron chi connectivity index (χ0n) is 8.87. The van der Waals surface area contributed by atoms with E-state index in [0.717, 1.165) is 17.1 Å². The van der Waals surface area contributed by atoms with Gasteiger partial charge in [-0.3, -0.25) is 0 Å². The second-order valence-corrected chi connectivity index (χ2v) is 2.68. The molecule has 0 fully saturated rings. The van der Waals surface area contributed by atoms with Crippen LogP contribution in [-0.4, -0.2) is 20.8 Å². The van der Waals surface area contributed by atoms with Crippen molar-refractivity contribution in [2.75, 3.05) is 20.8 Å². The van der Waals surface area contributed by atoms with Gasteiger partial charge in [0.25, 0.3) is 0 Å². The van der Waals surface area contributed by atoms with Crippen LogP contribution >= 0.6 is 0 Å². The van der Waals surface area contributed by atoms with E-state index < -0.39 is 0 Å². The van der Waals surface area contributed by atoms with Crippen LogP contribution in [0.2, 0.25) is 0 Å². The van der Waals surface area contributed by atoms with Crippen LogP contribution in [0.15, 0.2) is 18.2 Å². The standard InChI is InChI=1S/C10H13O3.Na/c1-12-9-5-8(3-4-11)6-10(7-9)13-2;/h5-7H,3-4H2,1-2H3;/q-1;+1. The quantitative estimate of drug-likeness (QED) is 0.514. The summed E-state index contributed by atoms with van der Waals surface area (Å²) in [5.41, 5.74) is 0.950. The second kappa shape index (κ2) is 7.12. The van der Waals surface area contributed by atoms with Crippen molar-refractivity contribution in [1.29, 1.82) is 0 Å². The summed E-state index contributed by atoms with van der Waals surface area (Å²) in [4.78, 5) is 0. The maximum Gasteiger partial charge on any atom is 1.00 e.